The van der Waals surface area contributed by atoms with Gasteiger partial charge in [-0.1, -0.05) is 107 Å². The maximum absolute atomic E-state index is 13.7. The first-order valence-corrected chi connectivity index (χ1v) is 39.2. The van der Waals surface area contributed by atoms with Gasteiger partial charge in [0.25, 0.3) is 35.2 Å². The summed E-state index contributed by atoms with van der Waals surface area (Å²) in [4.78, 5) is 114. The summed E-state index contributed by atoms with van der Waals surface area (Å²) in [5.41, 5.74) is 4.45. The molecule has 576 valence electrons. The predicted octanol–water partition coefficient (Wildman–Crippen LogP) is 3.95. The molecule has 15 N–H and O–H groups in total. The van der Waals surface area contributed by atoms with Crippen LogP contribution in [0.5, 0.6) is 5.75 Å². The molecule has 2 aliphatic rings. The number of hydrogen-bond donors (Lipinski definition) is 15. The summed E-state index contributed by atoms with van der Waals surface area (Å²) in [6.07, 6.45) is -13.4. The fourth-order valence-corrected chi connectivity index (χ4v) is 14.8. The summed E-state index contributed by atoms with van der Waals surface area (Å²) in [5, 5.41) is 112. The molecule has 2 aliphatic heterocycles. The minimum absolute atomic E-state index is 0.00848. The van der Waals surface area contributed by atoms with Crippen LogP contribution in [0.3, 0.4) is 0 Å². The van der Waals surface area contributed by atoms with Crippen molar-refractivity contribution in [3.05, 3.63) is 150 Å². The molecule has 0 spiro atoms. The van der Waals surface area contributed by atoms with E-state index >= 15 is 0 Å². The third-order valence-electron chi connectivity index (χ3n) is 16.8. The van der Waals surface area contributed by atoms with Gasteiger partial charge in [0, 0.05) is 105 Å². The van der Waals surface area contributed by atoms with Crippen molar-refractivity contribution < 1.29 is 113 Å². The molecule has 106 heavy (non-hydrogen) atoms. The van der Waals surface area contributed by atoms with E-state index in [1.807, 2.05) is 60.7 Å². The quantitative estimate of drug-likeness (QED) is 0.0194. The number of aliphatic hydroxyl groups is 6. The highest BCUT2D eigenvalue weighted by Crippen LogP contribution is 2.36. The van der Waals surface area contributed by atoms with Gasteiger partial charge in [0.05, 0.1) is 68.4 Å². The fourth-order valence-electron chi connectivity index (χ4n) is 11.2. The highest BCUT2D eigenvalue weighted by Gasteiger charge is 2.56. The Morgan fingerprint density at radius 2 is 1.01 bits per heavy atom. The molecule has 0 saturated carbocycles. The largest absolute Gasteiger partial charge is 0.493 e. The van der Waals surface area contributed by atoms with Crippen LogP contribution in [-0.2, 0) is 42.9 Å². The van der Waals surface area contributed by atoms with Crippen molar-refractivity contribution in [2.75, 3.05) is 87.1 Å². The second-order valence-corrected chi connectivity index (χ2v) is 30.0. The second kappa shape index (κ2) is 43.8. The SMILES string of the molecule is CC(=O)N[C@H]1[C@H]([C@H](O)[C@H](O)CNC(=O)c2ccc(-c3ccccc3)cc2)O[C@@](OCCCSCCNC(=O)c2ccc(C(=O)NCCSCCCO[C@]3(C(=O)O)C[C@H](O)C[C@H]([C@H](O)[C@H](O)CNC(=O)c4ccc(-c5ccccc5)cc4)O3)cc2OCCCNC(=O)CCSSCCC(=O)O)(C(=O)O)C[C@@H]1O. The topological polar surface area (TPSA) is 454 Å². The normalized spacial score (nSPS) is 20.3. The number of rotatable bonds is 45. The van der Waals surface area contributed by atoms with Crippen molar-refractivity contribution in [3.8, 4) is 28.0 Å². The zero-order chi connectivity index (χ0) is 76.6. The number of aliphatic hydroxyl groups excluding tert-OH is 6. The van der Waals surface area contributed by atoms with E-state index in [4.69, 9.17) is 28.8 Å². The Morgan fingerprint density at radius 1 is 0.519 bits per heavy atom. The van der Waals surface area contributed by atoms with E-state index in [1.165, 1.54) is 63.3 Å². The zero-order valence-corrected chi connectivity index (χ0v) is 61.5. The lowest BCUT2D eigenvalue weighted by Crippen LogP contribution is -2.68. The Bertz CT molecular complexity index is 3670. The molecule has 5 aromatic carbocycles. The third kappa shape index (κ3) is 26.8. The van der Waals surface area contributed by atoms with Gasteiger partial charge in [0.15, 0.2) is 0 Å². The van der Waals surface area contributed by atoms with Gasteiger partial charge >= 0.3 is 17.9 Å². The number of amides is 6. The van der Waals surface area contributed by atoms with Gasteiger partial charge in [-0.3, -0.25) is 33.6 Å². The highest BCUT2D eigenvalue weighted by atomic mass is 33.1. The van der Waals surface area contributed by atoms with Crippen molar-refractivity contribution in [2.24, 2.45) is 0 Å². The Kier molecular flexibility index (Phi) is 35.3. The number of carbonyl (C=O) groups excluding carboxylic acids is 6. The summed E-state index contributed by atoms with van der Waals surface area (Å²) < 4.78 is 29.2. The maximum Gasteiger partial charge on any atom is 0.364 e. The van der Waals surface area contributed by atoms with Crippen LogP contribution in [0.15, 0.2) is 127 Å². The van der Waals surface area contributed by atoms with E-state index in [1.54, 1.807) is 48.5 Å². The summed E-state index contributed by atoms with van der Waals surface area (Å²) >= 11 is 2.79. The average molecular weight is 1550 g/mol. The number of carboxylic acids is 3. The molecule has 2 fully saturated rings. The van der Waals surface area contributed by atoms with Crippen molar-refractivity contribution in [1.82, 2.24) is 31.9 Å². The number of thioether (sulfide) groups is 2. The molecule has 6 amide bonds. The number of benzene rings is 5. The Labute approximate surface area is 629 Å². The first kappa shape index (κ1) is 85.4. The van der Waals surface area contributed by atoms with E-state index < -0.39 is 140 Å². The van der Waals surface area contributed by atoms with Crippen LogP contribution in [0, 0.1) is 0 Å². The zero-order valence-electron chi connectivity index (χ0n) is 58.3. The van der Waals surface area contributed by atoms with Gasteiger partial charge in [-0.2, -0.15) is 23.5 Å². The molecule has 11 atom stereocenters. The lowest BCUT2D eigenvalue weighted by molar-refractivity contribution is -0.310. The van der Waals surface area contributed by atoms with Gasteiger partial charge in [-0.05, 0) is 95.5 Å². The van der Waals surface area contributed by atoms with Crippen molar-refractivity contribution in [1.29, 1.82) is 0 Å². The Morgan fingerprint density at radius 3 is 1.54 bits per heavy atom. The van der Waals surface area contributed by atoms with Gasteiger partial charge in [0.1, 0.15) is 24.1 Å². The molecule has 5 aromatic rings. The van der Waals surface area contributed by atoms with Gasteiger partial charge in [-0.25, -0.2) is 9.59 Å². The average Bonchev–Trinajstić information content (AvgIpc) is 0.771. The van der Waals surface area contributed by atoms with Crippen molar-refractivity contribution in [3.63, 3.8) is 0 Å². The molecule has 29 nitrogen and oxygen atoms in total. The number of aliphatic carboxylic acids is 3. The van der Waals surface area contributed by atoms with Crippen LogP contribution in [0.25, 0.3) is 22.3 Å². The van der Waals surface area contributed by atoms with E-state index in [9.17, 15) is 84.0 Å². The molecule has 2 saturated heterocycles. The van der Waals surface area contributed by atoms with Gasteiger partial charge in [-0.15, -0.1) is 0 Å². The molecule has 33 heteroatoms. The van der Waals surface area contributed by atoms with Gasteiger partial charge in [0.2, 0.25) is 11.8 Å². The molecule has 7 rings (SSSR count). The maximum atomic E-state index is 13.7. The molecule has 0 radical (unpaired) electrons. The lowest BCUT2D eigenvalue weighted by Gasteiger charge is -2.46. The third-order valence-corrected chi connectivity index (χ3v) is 21.3. The van der Waals surface area contributed by atoms with Crippen LogP contribution in [0.1, 0.15) is 99.7 Å². The van der Waals surface area contributed by atoms with Crippen molar-refractivity contribution >= 4 is 98.5 Å². The second-order valence-electron chi connectivity index (χ2n) is 24.8. The summed E-state index contributed by atoms with van der Waals surface area (Å²) in [7, 11) is 2.75. The predicted molar refractivity (Wildman–Crippen MR) is 398 cm³/mol. The van der Waals surface area contributed by atoms with E-state index in [0.29, 0.717) is 52.9 Å². The number of carbonyl (C=O) groups is 9. The van der Waals surface area contributed by atoms with Crippen LogP contribution in [0.2, 0.25) is 0 Å². The first-order valence-electron chi connectivity index (χ1n) is 34.4. The minimum atomic E-state index is -2.54. The monoisotopic (exact) mass is 1550 g/mol. The van der Waals surface area contributed by atoms with Gasteiger partial charge < -0.3 is 102 Å². The van der Waals surface area contributed by atoms with Crippen LogP contribution in [0.4, 0.5) is 0 Å². The smallest absolute Gasteiger partial charge is 0.364 e. The van der Waals surface area contributed by atoms with Crippen molar-refractivity contribution in [2.45, 2.75) is 125 Å². The van der Waals surface area contributed by atoms with Crippen LogP contribution >= 0.6 is 45.1 Å². The molecule has 0 bridgehead atoms. The van der Waals surface area contributed by atoms with E-state index in [-0.39, 0.29) is 93.5 Å². The lowest BCUT2D eigenvalue weighted by atomic mass is 9.88. The summed E-state index contributed by atoms with van der Waals surface area (Å²) in [5.74, 6) is -9.49. The minimum Gasteiger partial charge on any atom is -0.493 e. The molecule has 0 aliphatic carbocycles. The Hall–Kier alpha value is -7.87. The fraction of sp³-hybridized carbons (Fsp3) is 0.466. The first-order chi connectivity index (χ1) is 50.9. The summed E-state index contributed by atoms with van der Waals surface area (Å²) in [6.45, 7) is 0.402. The number of carboxylic acid groups (broad SMARTS) is 3. The molecule has 0 unspecified atom stereocenters. The number of hydrogen-bond acceptors (Lipinski definition) is 24. The summed E-state index contributed by atoms with van der Waals surface area (Å²) in [6, 6.07) is 35.4. The molecule has 0 aromatic heterocycles. The van der Waals surface area contributed by atoms with Crippen LogP contribution in [-0.4, -0.2) is 253 Å². The molecular formula is C73H92N6O23S4. The van der Waals surface area contributed by atoms with E-state index in [2.05, 4.69) is 31.9 Å². The highest BCUT2D eigenvalue weighted by molar-refractivity contribution is 8.76. The van der Waals surface area contributed by atoms with E-state index in [0.717, 1.165) is 29.2 Å². The molecule has 2 heterocycles. The standard InChI is InChI=1S/C73H92N6O23S4/c1-45(80)79-62-55(82)42-73(71(96)97,102-65(62)64(89)57(84)44-78-67(91)51-21-17-49(18-22-51)47-13-6-3-7-14-47)100-32-10-34-104-38-29-76-69(93)54-24-23-52(39-58(54)98-30-8-27-74-60(85)25-35-105-106-36-26-61(86)87)68(92)75-28-37-103-33-9-31-99-72(70(94)95)41-53(81)40-59(101-72)63(88)56(83)43-77-66(90)50-19-15-48(16-20-50)46-11-4-2-5-12-46/h2-7,11-24,39,53,55-57,59,62-65,81-84,88-89H,8-10,25-38,40-44H2,1H3,(H,74,85)(H,75,92)(H,76,93)(H,77,90)(H,78,91)(H,79,80)(H,86,87)(H,94,95)(H,96,97)/t53-,55+,56-,57-,59-,62-,63-,64-,65-,72-,73-/m1/s1. The number of nitrogens with one attached hydrogen (secondary N) is 6. The number of ether oxygens (including phenoxy) is 5. The Balaban J connectivity index is 0.848. The van der Waals surface area contributed by atoms with Crippen LogP contribution < -0.4 is 36.6 Å². The molecular weight excluding hydrogens is 1460 g/mol.